The molecule has 0 bridgehead atoms. The molecule has 1 amide bonds. The van der Waals surface area contributed by atoms with Crippen molar-refractivity contribution < 1.29 is 18.0 Å². The number of rotatable bonds is 2. The van der Waals surface area contributed by atoms with Gasteiger partial charge in [0, 0.05) is 12.1 Å². The predicted molar refractivity (Wildman–Crippen MR) is 65.3 cm³/mol. The van der Waals surface area contributed by atoms with Gasteiger partial charge in [0.25, 0.3) is 0 Å². The Morgan fingerprint density at radius 3 is 2.32 bits per heavy atom. The van der Waals surface area contributed by atoms with Gasteiger partial charge in [-0.3, -0.25) is 4.79 Å². The van der Waals surface area contributed by atoms with Crippen LogP contribution in [0.1, 0.15) is 44.9 Å². The number of hydrogen-bond donors (Lipinski definition) is 2. The van der Waals surface area contributed by atoms with Crippen LogP contribution in [0.25, 0.3) is 0 Å². The van der Waals surface area contributed by atoms with E-state index >= 15 is 0 Å². The van der Waals surface area contributed by atoms with Crippen LogP contribution in [-0.2, 0) is 4.79 Å². The summed E-state index contributed by atoms with van der Waals surface area (Å²) in [6.45, 7) is 0. The lowest BCUT2D eigenvalue weighted by molar-refractivity contribution is -0.189. The zero-order chi connectivity index (χ0) is 14.0. The molecule has 0 aliphatic heterocycles. The van der Waals surface area contributed by atoms with Crippen LogP contribution < -0.4 is 11.1 Å². The number of nitrogens with one attached hydrogen (secondary N) is 1. The number of alkyl halides is 3. The zero-order valence-electron chi connectivity index (χ0n) is 10.9. The molecular weight excluding hydrogens is 257 g/mol. The fourth-order valence-corrected chi connectivity index (χ4v) is 3.30. The van der Waals surface area contributed by atoms with Gasteiger partial charge in [0.1, 0.15) is 0 Å². The van der Waals surface area contributed by atoms with Crippen molar-refractivity contribution in [3.63, 3.8) is 0 Å². The topological polar surface area (TPSA) is 55.1 Å². The Morgan fingerprint density at radius 2 is 1.74 bits per heavy atom. The largest absolute Gasteiger partial charge is 0.393 e. The molecule has 3 N–H and O–H groups in total. The molecule has 0 heterocycles. The molecule has 4 atom stereocenters. The number of carbonyl (C=O) groups is 1. The maximum Gasteiger partial charge on any atom is 0.393 e. The summed E-state index contributed by atoms with van der Waals surface area (Å²) in [6.07, 6.45) is -0.0125. The van der Waals surface area contributed by atoms with E-state index in [0.29, 0.717) is 19.3 Å². The van der Waals surface area contributed by atoms with Crippen LogP contribution in [0.2, 0.25) is 0 Å². The molecule has 19 heavy (non-hydrogen) atoms. The fraction of sp³-hybridized carbons (Fsp3) is 0.923. The highest BCUT2D eigenvalue weighted by atomic mass is 19.4. The van der Waals surface area contributed by atoms with Gasteiger partial charge in [-0.2, -0.15) is 13.2 Å². The molecule has 2 fully saturated rings. The first-order chi connectivity index (χ1) is 8.89. The fourth-order valence-electron chi connectivity index (χ4n) is 3.30. The third-order valence-corrected chi connectivity index (χ3v) is 4.42. The van der Waals surface area contributed by atoms with Crippen molar-refractivity contribution in [1.29, 1.82) is 0 Å². The molecule has 0 spiro atoms. The van der Waals surface area contributed by atoms with Crippen molar-refractivity contribution >= 4 is 5.91 Å². The van der Waals surface area contributed by atoms with Gasteiger partial charge in [-0.1, -0.05) is 19.3 Å². The van der Waals surface area contributed by atoms with Crippen LogP contribution in [0.4, 0.5) is 13.2 Å². The van der Waals surface area contributed by atoms with Crippen molar-refractivity contribution in [2.24, 2.45) is 17.6 Å². The van der Waals surface area contributed by atoms with Crippen molar-refractivity contribution in [2.75, 3.05) is 0 Å². The summed E-state index contributed by atoms with van der Waals surface area (Å²) < 4.78 is 38.8. The lowest BCUT2D eigenvalue weighted by Gasteiger charge is -2.34. The molecule has 2 aliphatic rings. The molecule has 110 valence electrons. The quantitative estimate of drug-likeness (QED) is 0.814. The molecule has 2 aliphatic carbocycles. The summed E-state index contributed by atoms with van der Waals surface area (Å²) >= 11 is 0. The molecule has 4 unspecified atom stereocenters. The third-order valence-electron chi connectivity index (χ3n) is 4.42. The van der Waals surface area contributed by atoms with Gasteiger partial charge >= 0.3 is 6.18 Å². The molecule has 6 heteroatoms. The first kappa shape index (κ1) is 14.6. The van der Waals surface area contributed by atoms with E-state index in [4.69, 9.17) is 5.73 Å². The Labute approximate surface area is 111 Å². The third kappa shape index (κ3) is 3.41. The van der Waals surface area contributed by atoms with Crippen molar-refractivity contribution in [3.8, 4) is 0 Å². The summed E-state index contributed by atoms with van der Waals surface area (Å²) in [5.74, 6) is -2.00. The Balaban J connectivity index is 1.97. The molecular formula is C13H21F3N2O. The highest BCUT2D eigenvalue weighted by Gasteiger charge is 2.46. The van der Waals surface area contributed by atoms with Crippen LogP contribution in [0.15, 0.2) is 0 Å². The smallest absolute Gasteiger partial charge is 0.352 e. The highest BCUT2D eigenvalue weighted by molar-refractivity contribution is 5.80. The second-order valence-electron chi connectivity index (χ2n) is 5.75. The van der Waals surface area contributed by atoms with Crippen LogP contribution in [0.5, 0.6) is 0 Å². The van der Waals surface area contributed by atoms with E-state index in [0.717, 1.165) is 19.3 Å². The number of amides is 1. The van der Waals surface area contributed by atoms with Gasteiger partial charge in [0.05, 0.1) is 11.8 Å². The van der Waals surface area contributed by atoms with Crippen LogP contribution in [0, 0.1) is 11.8 Å². The Bertz CT molecular complexity index is 332. The van der Waals surface area contributed by atoms with E-state index in [1.165, 1.54) is 0 Å². The summed E-state index contributed by atoms with van der Waals surface area (Å²) in [7, 11) is 0. The van der Waals surface area contributed by atoms with E-state index in [2.05, 4.69) is 5.32 Å². The SMILES string of the molecule is NC1CCCC1C(=O)NC1CCCCC1C(F)(F)F. The normalized spacial score (nSPS) is 36.2. The van der Waals surface area contributed by atoms with E-state index in [-0.39, 0.29) is 24.3 Å². The Hall–Kier alpha value is -0.780. The molecule has 0 radical (unpaired) electrons. The molecule has 2 saturated carbocycles. The van der Waals surface area contributed by atoms with Gasteiger partial charge in [-0.15, -0.1) is 0 Å². The minimum absolute atomic E-state index is 0.116. The predicted octanol–water partition coefficient (Wildman–Crippen LogP) is 2.35. The van der Waals surface area contributed by atoms with Crippen LogP contribution in [0.3, 0.4) is 0 Å². The summed E-state index contributed by atoms with van der Waals surface area (Å²) in [5.41, 5.74) is 5.82. The lowest BCUT2D eigenvalue weighted by atomic mass is 9.83. The maximum absolute atomic E-state index is 12.9. The Kier molecular flexibility index (Phi) is 4.38. The first-order valence-electron chi connectivity index (χ1n) is 7.02. The molecule has 0 aromatic heterocycles. The summed E-state index contributed by atoms with van der Waals surface area (Å²) in [4.78, 5) is 12.0. The van der Waals surface area contributed by atoms with Gasteiger partial charge in [-0.05, 0) is 25.7 Å². The molecule has 0 aromatic carbocycles. The highest BCUT2D eigenvalue weighted by Crippen LogP contribution is 2.38. The summed E-state index contributed by atoms with van der Waals surface area (Å²) in [6, 6.07) is -0.970. The average molecular weight is 278 g/mol. The van der Waals surface area contributed by atoms with Gasteiger partial charge < -0.3 is 11.1 Å². The zero-order valence-corrected chi connectivity index (χ0v) is 10.9. The number of halogens is 3. The second-order valence-corrected chi connectivity index (χ2v) is 5.75. The van der Waals surface area contributed by atoms with Gasteiger partial charge in [-0.25, -0.2) is 0 Å². The van der Waals surface area contributed by atoms with Crippen molar-refractivity contribution in [3.05, 3.63) is 0 Å². The van der Waals surface area contributed by atoms with Gasteiger partial charge in [0.2, 0.25) is 5.91 Å². The van der Waals surface area contributed by atoms with Gasteiger partial charge in [0.15, 0.2) is 0 Å². The molecule has 3 nitrogen and oxygen atoms in total. The molecule has 0 aromatic rings. The first-order valence-corrected chi connectivity index (χ1v) is 7.02. The minimum Gasteiger partial charge on any atom is -0.352 e. The van der Waals surface area contributed by atoms with Crippen molar-refractivity contribution in [1.82, 2.24) is 5.32 Å². The van der Waals surface area contributed by atoms with E-state index < -0.39 is 18.1 Å². The van der Waals surface area contributed by atoms with E-state index in [1.807, 2.05) is 0 Å². The molecule has 2 rings (SSSR count). The van der Waals surface area contributed by atoms with E-state index in [9.17, 15) is 18.0 Å². The lowest BCUT2D eigenvalue weighted by Crippen LogP contribution is -2.50. The number of hydrogen-bond acceptors (Lipinski definition) is 2. The number of nitrogens with two attached hydrogens (primary N) is 1. The number of carbonyl (C=O) groups excluding carboxylic acids is 1. The maximum atomic E-state index is 12.9. The van der Waals surface area contributed by atoms with Crippen LogP contribution in [-0.4, -0.2) is 24.2 Å². The van der Waals surface area contributed by atoms with E-state index in [1.54, 1.807) is 0 Å². The average Bonchev–Trinajstić information content (AvgIpc) is 2.75. The molecule has 0 saturated heterocycles. The van der Waals surface area contributed by atoms with Crippen LogP contribution >= 0.6 is 0 Å². The summed E-state index contributed by atoms with van der Waals surface area (Å²) in [5, 5.41) is 2.61. The van der Waals surface area contributed by atoms with Crippen molar-refractivity contribution in [2.45, 2.75) is 63.2 Å². The standard InChI is InChI=1S/C13H21F3N2O/c14-13(15,16)9-5-1-2-7-11(9)18-12(19)8-4-3-6-10(8)17/h8-11H,1-7,17H2,(H,18,19). The minimum atomic E-state index is -4.23. The monoisotopic (exact) mass is 278 g/mol. The second kappa shape index (κ2) is 5.69. The Morgan fingerprint density at radius 1 is 1.05 bits per heavy atom.